The SMILES string of the molecule is CCOc1ccc(OCNC(=O)NCC(C)O)cc1. The molecule has 0 fully saturated rings. The third-order valence-electron chi connectivity index (χ3n) is 2.16. The van der Waals surface area contributed by atoms with Crippen molar-refractivity contribution in [1.82, 2.24) is 10.6 Å². The molecule has 106 valence electrons. The molecule has 1 aromatic rings. The standard InChI is InChI=1S/C13H20N2O4/c1-3-18-11-4-6-12(7-5-11)19-9-15-13(17)14-8-10(2)16/h4-7,10,16H,3,8-9H2,1-2H3,(H2,14,15,17). The molecule has 1 aromatic carbocycles. The highest BCUT2D eigenvalue weighted by atomic mass is 16.5. The summed E-state index contributed by atoms with van der Waals surface area (Å²) >= 11 is 0. The van der Waals surface area contributed by atoms with E-state index >= 15 is 0 Å². The molecule has 0 radical (unpaired) electrons. The quantitative estimate of drug-likeness (QED) is 0.647. The predicted octanol–water partition coefficient (Wildman–Crippen LogP) is 1.10. The molecule has 0 spiro atoms. The molecule has 1 unspecified atom stereocenters. The number of amides is 2. The van der Waals surface area contributed by atoms with E-state index in [2.05, 4.69) is 10.6 Å². The number of aliphatic hydroxyl groups excluding tert-OH is 1. The number of nitrogens with one attached hydrogen (secondary N) is 2. The molecule has 0 saturated carbocycles. The molecule has 1 rings (SSSR count). The van der Waals surface area contributed by atoms with Crippen LogP contribution in [0.25, 0.3) is 0 Å². The highest BCUT2D eigenvalue weighted by molar-refractivity contribution is 5.73. The summed E-state index contributed by atoms with van der Waals surface area (Å²) in [5.41, 5.74) is 0. The van der Waals surface area contributed by atoms with Gasteiger partial charge < -0.3 is 25.2 Å². The van der Waals surface area contributed by atoms with E-state index in [4.69, 9.17) is 14.6 Å². The van der Waals surface area contributed by atoms with E-state index in [9.17, 15) is 4.79 Å². The number of rotatable bonds is 7. The first-order chi connectivity index (χ1) is 9.11. The lowest BCUT2D eigenvalue weighted by Crippen LogP contribution is -2.40. The van der Waals surface area contributed by atoms with Crippen LogP contribution in [0, 0.1) is 0 Å². The van der Waals surface area contributed by atoms with E-state index in [1.54, 1.807) is 31.2 Å². The first kappa shape index (κ1) is 15.1. The Balaban J connectivity index is 2.23. The van der Waals surface area contributed by atoms with Gasteiger partial charge in [-0.25, -0.2) is 4.79 Å². The van der Waals surface area contributed by atoms with Gasteiger partial charge in [0, 0.05) is 6.54 Å². The van der Waals surface area contributed by atoms with Gasteiger partial charge in [-0.05, 0) is 38.1 Å². The predicted molar refractivity (Wildman–Crippen MR) is 71.3 cm³/mol. The molecule has 0 aliphatic heterocycles. The minimum absolute atomic E-state index is 0.0552. The van der Waals surface area contributed by atoms with Crippen LogP contribution in [0.5, 0.6) is 11.5 Å². The number of benzene rings is 1. The third-order valence-corrected chi connectivity index (χ3v) is 2.16. The van der Waals surface area contributed by atoms with Gasteiger partial charge in [-0.15, -0.1) is 0 Å². The van der Waals surface area contributed by atoms with Crippen LogP contribution < -0.4 is 20.1 Å². The summed E-state index contributed by atoms with van der Waals surface area (Å²) < 4.78 is 10.6. The van der Waals surface area contributed by atoms with Gasteiger partial charge in [-0.2, -0.15) is 0 Å². The Labute approximate surface area is 112 Å². The molecule has 0 aromatic heterocycles. The molecule has 0 bridgehead atoms. The third kappa shape index (κ3) is 6.52. The summed E-state index contributed by atoms with van der Waals surface area (Å²) in [6, 6.07) is 6.74. The van der Waals surface area contributed by atoms with E-state index in [-0.39, 0.29) is 19.3 Å². The zero-order chi connectivity index (χ0) is 14.1. The van der Waals surface area contributed by atoms with Gasteiger partial charge in [-0.3, -0.25) is 0 Å². The van der Waals surface area contributed by atoms with E-state index in [1.807, 2.05) is 6.92 Å². The number of hydrogen-bond acceptors (Lipinski definition) is 4. The fourth-order valence-electron chi connectivity index (χ4n) is 1.29. The van der Waals surface area contributed by atoms with Gasteiger partial charge in [0.1, 0.15) is 11.5 Å². The molecule has 6 heteroatoms. The first-order valence-electron chi connectivity index (χ1n) is 6.17. The van der Waals surface area contributed by atoms with Gasteiger partial charge in [0.2, 0.25) is 0 Å². The topological polar surface area (TPSA) is 79.8 Å². The van der Waals surface area contributed by atoms with Crippen LogP contribution >= 0.6 is 0 Å². The summed E-state index contributed by atoms with van der Waals surface area (Å²) in [4.78, 5) is 11.2. The van der Waals surface area contributed by atoms with Crippen LogP contribution in [0.1, 0.15) is 13.8 Å². The lowest BCUT2D eigenvalue weighted by molar-refractivity contribution is 0.184. The van der Waals surface area contributed by atoms with Crippen LogP contribution in [0.2, 0.25) is 0 Å². The Hall–Kier alpha value is -1.95. The van der Waals surface area contributed by atoms with Crippen molar-refractivity contribution in [3.8, 4) is 11.5 Å². The Morgan fingerprint density at radius 1 is 1.21 bits per heavy atom. The number of hydrogen-bond donors (Lipinski definition) is 3. The fraction of sp³-hybridized carbons (Fsp3) is 0.462. The monoisotopic (exact) mass is 268 g/mol. The summed E-state index contributed by atoms with van der Waals surface area (Å²) in [7, 11) is 0. The Morgan fingerprint density at radius 2 is 1.79 bits per heavy atom. The van der Waals surface area contributed by atoms with Crippen molar-refractivity contribution in [2.24, 2.45) is 0 Å². The second kappa shape index (κ2) is 8.20. The molecule has 6 nitrogen and oxygen atoms in total. The van der Waals surface area contributed by atoms with E-state index in [1.165, 1.54) is 0 Å². The van der Waals surface area contributed by atoms with Crippen molar-refractivity contribution in [2.45, 2.75) is 20.0 Å². The zero-order valence-corrected chi connectivity index (χ0v) is 11.2. The number of aliphatic hydroxyl groups is 1. The summed E-state index contributed by atoms with van der Waals surface area (Å²) in [5, 5.41) is 14.0. The molecule has 1 atom stereocenters. The summed E-state index contributed by atoms with van der Waals surface area (Å²) in [5.74, 6) is 1.41. The molecule has 0 aliphatic carbocycles. The molecule has 0 heterocycles. The lowest BCUT2D eigenvalue weighted by Gasteiger charge is -2.10. The van der Waals surface area contributed by atoms with E-state index < -0.39 is 6.10 Å². The molecule has 0 aliphatic rings. The van der Waals surface area contributed by atoms with Crippen molar-refractivity contribution in [1.29, 1.82) is 0 Å². The summed E-state index contributed by atoms with van der Waals surface area (Å²) in [6.07, 6.45) is -0.572. The molecule has 19 heavy (non-hydrogen) atoms. The van der Waals surface area contributed by atoms with Crippen LogP contribution in [-0.2, 0) is 0 Å². The zero-order valence-electron chi connectivity index (χ0n) is 11.2. The lowest BCUT2D eigenvalue weighted by atomic mass is 10.3. The average Bonchev–Trinajstić information content (AvgIpc) is 2.39. The summed E-state index contributed by atoms with van der Waals surface area (Å²) in [6.45, 7) is 4.39. The Kier molecular flexibility index (Phi) is 6.52. The highest BCUT2D eigenvalue weighted by Gasteiger charge is 2.02. The van der Waals surface area contributed by atoms with E-state index in [0.29, 0.717) is 12.4 Å². The Morgan fingerprint density at radius 3 is 2.32 bits per heavy atom. The van der Waals surface area contributed by atoms with Crippen LogP contribution in [0.15, 0.2) is 24.3 Å². The normalized spacial score (nSPS) is 11.5. The van der Waals surface area contributed by atoms with Crippen LogP contribution in [0.3, 0.4) is 0 Å². The second-order valence-electron chi connectivity index (χ2n) is 3.93. The molecular weight excluding hydrogens is 248 g/mol. The minimum Gasteiger partial charge on any atom is -0.494 e. The molecule has 2 amide bonds. The highest BCUT2D eigenvalue weighted by Crippen LogP contribution is 2.16. The Bertz CT molecular complexity index is 379. The van der Waals surface area contributed by atoms with Crippen molar-refractivity contribution in [3.05, 3.63) is 24.3 Å². The number of carbonyl (C=O) groups is 1. The fourth-order valence-corrected chi connectivity index (χ4v) is 1.29. The van der Waals surface area contributed by atoms with Crippen LogP contribution in [-0.4, -0.2) is 37.1 Å². The number of urea groups is 1. The number of ether oxygens (including phenoxy) is 2. The maximum absolute atomic E-state index is 11.2. The molecular formula is C13H20N2O4. The maximum atomic E-state index is 11.2. The van der Waals surface area contributed by atoms with Crippen LogP contribution in [0.4, 0.5) is 4.79 Å². The first-order valence-corrected chi connectivity index (χ1v) is 6.17. The van der Waals surface area contributed by atoms with Crippen molar-refractivity contribution < 1.29 is 19.4 Å². The smallest absolute Gasteiger partial charge is 0.317 e. The van der Waals surface area contributed by atoms with Gasteiger partial charge in [0.15, 0.2) is 6.73 Å². The second-order valence-corrected chi connectivity index (χ2v) is 3.93. The number of carbonyl (C=O) groups excluding carboxylic acids is 1. The van der Waals surface area contributed by atoms with E-state index in [0.717, 1.165) is 5.75 Å². The van der Waals surface area contributed by atoms with Gasteiger partial charge in [-0.1, -0.05) is 0 Å². The average molecular weight is 268 g/mol. The van der Waals surface area contributed by atoms with Gasteiger partial charge in [0.25, 0.3) is 0 Å². The maximum Gasteiger partial charge on any atom is 0.317 e. The van der Waals surface area contributed by atoms with Crippen molar-refractivity contribution in [3.63, 3.8) is 0 Å². The van der Waals surface area contributed by atoms with Crippen molar-refractivity contribution >= 4 is 6.03 Å². The largest absolute Gasteiger partial charge is 0.494 e. The molecule has 0 saturated heterocycles. The minimum atomic E-state index is -0.572. The van der Waals surface area contributed by atoms with Gasteiger partial charge in [0.05, 0.1) is 12.7 Å². The van der Waals surface area contributed by atoms with Gasteiger partial charge >= 0.3 is 6.03 Å². The molecule has 3 N–H and O–H groups in total. The van der Waals surface area contributed by atoms with Crippen molar-refractivity contribution in [2.75, 3.05) is 19.9 Å².